The lowest BCUT2D eigenvalue weighted by Crippen LogP contribution is -1.89. The molecule has 14 heavy (non-hydrogen) atoms. The number of nitrogens with zero attached hydrogens (tertiary/aromatic N) is 2. The van der Waals surface area contributed by atoms with Crippen LogP contribution in [0.4, 0.5) is 0 Å². The zero-order chi connectivity index (χ0) is 10.6. The Morgan fingerprint density at radius 3 is 2.71 bits per heavy atom. The fourth-order valence-electron chi connectivity index (χ4n) is 1.58. The topological polar surface area (TPSA) is 17.8 Å². The Balaban J connectivity index is 0.000000461. The highest BCUT2D eigenvalue weighted by Gasteiger charge is 2.01. The Hall–Kier alpha value is -1.31. The van der Waals surface area contributed by atoms with Crippen LogP contribution in [0.15, 0.2) is 24.7 Å². The van der Waals surface area contributed by atoms with E-state index in [2.05, 4.69) is 35.7 Å². The monoisotopic (exact) mass is 190 g/mol. The van der Waals surface area contributed by atoms with Crippen molar-refractivity contribution in [3.8, 4) is 0 Å². The van der Waals surface area contributed by atoms with E-state index in [-0.39, 0.29) is 0 Å². The smallest absolute Gasteiger partial charge is 0.0513 e. The number of fused-ring (bicyclic) bond motifs is 1. The molecule has 0 atom stereocenters. The van der Waals surface area contributed by atoms with Crippen LogP contribution >= 0.6 is 0 Å². The van der Waals surface area contributed by atoms with Crippen molar-refractivity contribution in [2.24, 2.45) is 0 Å². The lowest BCUT2D eigenvalue weighted by Gasteiger charge is -1.97. The number of rotatable bonds is 1. The molecular weight excluding hydrogens is 172 g/mol. The minimum atomic E-state index is 1.02. The van der Waals surface area contributed by atoms with E-state index in [9.17, 15) is 0 Å². The Labute approximate surface area is 85.6 Å². The summed E-state index contributed by atoms with van der Waals surface area (Å²) in [6, 6.07) is 2.06. The van der Waals surface area contributed by atoms with E-state index in [0.29, 0.717) is 0 Å². The van der Waals surface area contributed by atoms with E-state index in [0.717, 1.165) is 6.54 Å². The van der Waals surface area contributed by atoms with Crippen LogP contribution in [0.3, 0.4) is 0 Å². The minimum absolute atomic E-state index is 1.02. The quantitative estimate of drug-likeness (QED) is 0.674. The second kappa shape index (κ2) is 4.80. The van der Waals surface area contributed by atoms with E-state index in [1.54, 1.807) is 0 Å². The average molecular weight is 190 g/mol. The highest BCUT2D eigenvalue weighted by atomic mass is 14.9. The molecule has 2 rings (SSSR count). The average Bonchev–Trinajstić information content (AvgIpc) is 2.59. The van der Waals surface area contributed by atoms with Crippen molar-refractivity contribution in [2.75, 3.05) is 0 Å². The summed E-state index contributed by atoms with van der Waals surface area (Å²) >= 11 is 0. The molecule has 2 heteroatoms. The van der Waals surface area contributed by atoms with Gasteiger partial charge in [0.1, 0.15) is 0 Å². The summed E-state index contributed by atoms with van der Waals surface area (Å²) in [6.45, 7) is 9.30. The summed E-state index contributed by atoms with van der Waals surface area (Å²) in [4.78, 5) is 4.11. The van der Waals surface area contributed by atoms with E-state index in [1.807, 2.05) is 26.2 Å². The van der Waals surface area contributed by atoms with Crippen LogP contribution in [0.1, 0.15) is 26.3 Å². The van der Waals surface area contributed by atoms with Crippen LogP contribution in [0.2, 0.25) is 0 Å². The summed E-state index contributed by atoms with van der Waals surface area (Å²) in [5.74, 6) is 0. The maximum Gasteiger partial charge on any atom is 0.0513 e. The first kappa shape index (κ1) is 10.8. The SMILES string of the molecule is CC.CCn1cc(C)c2cnccc21. The third-order valence-electron chi connectivity index (χ3n) is 2.22. The predicted octanol–water partition coefficient (Wildman–Crippen LogP) is 3.39. The van der Waals surface area contributed by atoms with Gasteiger partial charge < -0.3 is 4.57 Å². The summed E-state index contributed by atoms with van der Waals surface area (Å²) in [5, 5.41) is 1.26. The van der Waals surface area contributed by atoms with Crippen LogP contribution in [0, 0.1) is 6.92 Å². The van der Waals surface area contributed by atoms with E-state index in [1.165, 1.54) is 16.5 Å². The highest BCUT2D eigenvalue weighted by molar-refractivity contribution is 5.82. The van der Waals surface area contributed by atoms with Gasteiger partial charge in [-0.1, -0.05) is 13.8 Å². The van der Waals surface area contributed by atoms with Gasteiger partial charge in [-0.15, -0.1) is 0 Å². The molecule has 0 amide bonds. The third kappa shape index (κ3) is 1.79. The summed E-state index contributed by atoms with van der Waals surface area (Å²) in [6.07, 6.45) is 5.94. The Bertz CT molecular complexity index is 402. The van der Waals surface area contributed by atoms with Crippen LogP contribution in [0.25, 0.3) is 10.9 Å². The third-order valence-corrected chi connectivity index (χ3v) is 2.22. The standard InChI is InChI=1S/C10H12N2.C2H6/c1-3-12-7-8(2)9-6-11-5-4-10(9)12;1-2/h4-7H,3H2,1-2H3;1-2H3. The minimum Gasteiger partial charge on any atom is -0.347 e. The summed E-state index contributed by atoms with van der Waals surface area (Å²) in [7, 11) is 0. The van der Waals surface area contributed by atoms with Gasteiger partial charge in [0.2, 0.25) is 0 Å². The van der Waals surface area contributed by atoms with E-state index >= 15 is 0 Å². The molecule has 76 valence electrons. The largest absolute Gasteiger partial charge is 0.347 e. The molecule has 0 saturated carbocycles. The molecule has 0 aliphatic heterocycles. The van der Waals surface area contributed by atoms with Gasteiger partial charge in [-0.2, -0.15) is 0 Å². The van der Waals surface area contributed by atoms with Crippen molar-refractivity contribution in [3.63, 3.8) is 0 Å². The second-order valence-corrected chi connectivity index (χ2v) is 2.99. The molecule has 0 radical (unpaired) electrons. The van der Waals surface area contributed by atoms with Gasteiger partial charge in [-0.3, -0.25) is 4.98 Å². The van der Waals surface area contributed by atoms with Gasteiger partial charge in [0.25, 0.3) is 0 Å². The first-order valence-corrected chi connectivity index (χ1v) is 5.22. The zero-order valence-corrected chi connectivity index (χ0v) is 9.41. The molecule has 0 aliphatic rings. The number of pyridine rings is 1. The summed E-state index contributed by atoms with van der Waals surface area (Å²) < 4.78 is 2.24. The van der Waals surface area contributed by atoms with Gasteiger partial charge in [-0.05, 0) is 25.5 Å². The second-order valence-electron chi connectivity index (χ2n) is 2.99. The molecule has 0 unspecified atom stereocenters. The zero-order valence-electron chi connectivity index (χ0n) is 9.41. The maximum atomic E-state index is 4.11. The molecule has 0 fully saturated rings. The Kier molecular flexibility index (Phi) is 3.69. The van der Waals surface area contributed by atoms with Crippen molar-refractivity contribution in [3.05, 3.63) is 30.2 Å². The normalized spacial score (nSPS) is 9.71. The number of hydrogen-bond donors (Lipinski definition) is 0. The number of aromatic nitrogens is 2. The van der Waals surface area contributed by atoms with Crippen molar-refractivity contribution < 1.29 is 0 Å². The van der Waals surface area contributed by atoms with E-state index < -0.39 is 0 Å². The molecule has 2 aromatic rings. The first-order valence-electron chi connectivity index (χ1n) is 5.22. The van der Waals surface area contributed by atoms with Gasteiger partial charge in [-0.25, -0.2) is 0 Å². The lowest BCUT2D eigenvalue weighted by atomic mass is 10.2. The van der Waals surface area contributed by atoms with Crippen molar-refractivity contribution in [1.82, 2.24) is 9.55 Å². The van der Waals surface area contributed by atoms with Crippen LogP contribution in [0.5, 0.6) is 0 Å². The fourth-order valence-corrected chi connectivity index (χ4v) is 1.58. The lowest BCUT2D eigenvalue weighted by molar-refractivity contribution is 0.795. The molecule has 2 nitrogen and oxygen atoms in total. The molecule has 0 aromatic carbocycles. The Morgan fingerprint density at radius 1 is 1.36 bits per heavy atom. The van der Waals surface area contributed by atoms with Crippen molar-refractivity contribution in [1.29, 1.82) is 0 Å². The molecule has 0 saturated heterocycles. The molecular formula is C12H18N2. The molecule has 0 bridgehead atoms. The van der Waals surface area contributed by atoms with Gasteiger partial charge >= 0.3 is 0 Å². The maximum absolute atomic E-state index is 4.11. The molecule has 0 spiro atoms. The van der Waals surface area contributed by atoms with Gasteiger partial charge in [0.05, 0.1) is 5.52 Å². The van der Waals surface area contributed by atoms with E-state index in [4.69, 9.17) is 0 Å². The van der Waals surface area contributed by atoms with Crippen LogP contribution in [-0.2, 0) is 6.54 Å². The van der Waals surface area contributed by atoms with Crippen LogP contribution < -0.4 is 0 Å². The van der Waals surface area contributed by atoms with Crippen LogP contribution in [-0.4, -0.2) is 9.55 Å². The number of hydrogen-bond acceptors (Lipinski definition) is 1. The molecule has 2 heterocycles. The fraction of sp³-hybridized carbons (Fsp3) is 0.417. The molecule has 2 aromatic heterocycles. The molecule has 0 N–H and O–H groups in total. The van der Waals surface area contributed by atoms with Crippen molar-refractivity contribution >= 4 is 10.9 Å². The van der Waals surface area contributed by atoms with Crippen molar-refractivity contribution in [2.45, 2.75) is 34.2 Å². The number of aryl methyl sites for hydroxylation is 2. The summed E-state index contributed by atoms with van der Waals surface area (Å²) in [5.41, 5.74) is 2.59. The van der Waals surface area contributed by atoms with Gasteiger partial charge in [0, 0.05) is 30.5 Å². The predicted molar refractivity (Wildman–Crippen MR) is 61.5 cm³/mol. The highest BCUT2D eigenvalue weighted by Crippen LogP contribution is 2.18. The first-order chi connectivity index (χ1) is 6.83. The molecule has 0 aliphatic carbocycles. The van der Waals surface area contributed by atoms with Gasteiger partial charge in [0.15, 0.2) is 0 Å². The Morgan fingerprint density at radius 2 is 2.07 bits per heavy atom.